The second-order valence-corrected chi connectivity index (χ2v) is 9.29. The molecule has 4 aromatic rings. The molecule has 5 rings (SSSR count). The van der Waals surface area contributed by atoms with Crippen molar-refractivity contribution >= 4 is 38.5 Å². The molecule has 0 aliphatic carbocycles. The van der Waals surface area contributed by atoms with Crippen LogP contribution in [0.25, 0.3) is 10.2 Å². The molecular weight excluding hydrogens is 480 g/mol. The minimum absolute atomic E-state index is 0.226. The fourth-order valence-corrected chi connectivity index (χ4v) is 5.46. The van der Waals surface area contributed by atoms with Crippen LogP contribution in [0.2, 0.25) is 0 Å². The highest BCUT2D eigenvalue weighted by atomic mass is 32.1. The van der Waals surface area contributed by atoms with Crippen LogP contribution in [0.4, 0.5) is 5.13 Å². The predicted molar refractivity (Wildman–Crippen MR) is 136 cm³/mol. The Kier molecular flexibility index (Phi) is 6.19. The quantitative estimate of drug-likeness (QED) is 0.418. The number of nitrogens with one attached hydrogen (secondary N) is 1. The molecule has 0 radical (unpaired) electrons. The van der Waals surface area contributed by atoms with Crippen molar-refractivity contribution in [3.8, 4) is 17.2 Å². The molecule has 184 valence electrons. The Morgan fingerprint density at radius 1 is 1.06 bits per heavy atom. The Morgan fingerprint density at radius 2 is 1.83 bits per heavy atom. The van der Waals surface area contributed by atoms with E-state index in [1.807, 2.05) is 24.3 Å². The van der Waals surface area contributed by atoms with E-state index in [1.165, 1.54) is 25.6 Å². The number of likely N-dealkylation sites (N-methyl/N-ethyl adjacent to an activating group) is 1. The zero-order chi connectivity index (χ0) is 25.4. The number of rotatable bonds is 6. The number of fused-ring (bicyclic) bond motifs is 2. The maximum atomic E-state index is 13.9. The van der Waals surface area contributed by atoms with Gasteiger partial charge in [-0.2, -0.15) is 0 Å². The van der Waals surface area contributed by atoms with Gasteiger partial charge in [-0.05, 0) is 47.5 Å². The molecule has 2 amide bonds. The van der Waals surface area contributed by atoms with Crippen LogP contribution in [-0.2, 0) is 4.79 Å². The summed E-state index contributed by atoms with van der Waals surface area (Å²) in [5.41, 5.74) is 2.42. The van der Waals surface area contributed by atoms with Crippen LogP contribution in [0.1, 0.15) is 33.4 Å². The summed E-state index contributed by atoms with van der Waals surface area (Å²) in [5, 5.41) is 3.43. The van der Waals surface area contributed by atoms with Crippen LogP contribution in [0.3, 0.4) is 0 Å². The molecule has 10 heteroatoms. The van der Waals surface area contributed by atoms with Crippen LogP contribution in [0.5, 0.6) is 17.2 Å². The molecule has 0 saturated heterocycles. The smallest absolute Gasteiger partial charge is 0.254 e. The number of methoxy groups -OCH3 is 3. The van der Waals surface area contributed by atoms with Crippen LogP contribution >= 0.6 is 11.3 Å². The number of thiazole rings is 1. The van der Waals surface area contributed by atoms with Crippen molar-refractivity contribution < 1.29 is 23.8 Å². The number of aromatic nitrogens is 2. The highest BCUT2D eigenvalue weighted by Crippen LogP contribution is 2.46. The molecule has 1 aliphatic rings. The van der Waals surface area contributed by atoms with Crippen molar-refractivity contribution in [2.75, 3.05) is 33.7 Å². The zero-order valence-electron chi connectivity index (χ0n) is 20.1. The first kappa shape index (κ1) is 23.6. The van der Waals surface area contributed by atoms with E-state index in [4.69, 9.17) is 14.2 Å². The van der Waals surface area contributed by atoms with Gasteiger partial charge < -0.3 is 24.4 Å². The summed E-state index contributed by atoms with van der Waals surface area (Å²) in [7, 11) is 6.31. The molecule has 3 heterocycles. The number of nitrogens with zero attached hydrogens (tertiary/aromatic N) is 3. The van der Waals surface area contributed by atoms with E-state index in [1.54, 1.807) is 49.7 Å². The van der Waals surface area contributed by atoms with Crippen LogP contribution in [0, 0.1) is 0 Å². The minimum Gasteiger partial charge on any atom is -0.497 e. The zero-order valence-corrected chi connectivity index (χ0v) is 21.0. The lowest BCUT2D eigenvalue weighted by molar-refractivity contribution is -0.119. The molecule has 2 aromatic carbocycles. The molecule has 0 unspecified atom stereocenters. The summed E-state index contributed by atoms with van der Waals surface area (Å²) in [4.78, 5) is 37.7. The van der Waals surface area contributed by atoms with Gasteiger partial charge in [-0.15, -0.1) is 0 Å². The molecule has 9 nitrogen and oxygen atoms in total. The molecule has 1 N–H and O–H groups in total. The van der Waals surface area contributed by atoms with Gasteiger partial charge in [-0.3, -0.25) is 14.6 Å². The molecule has 36 heavy (non-hydrogen) atoms. The van der Waals surface area contributed by atoms with Gasteiger partial charge in [0.25, 0.3) is 5.91 Å². The third-order valence-electron chi connectivity index (χ3n) is 6.31. The highest BCUT2D eigenvalue weighted by Gasteiger charge is 2.44. The summed E-state index contributed by atoms with van der Waals surface area (Å²) < 4.78 is 17.1. The monoisotopic (exact) mass is 504 g/mol. The summed E-state index contributed by atoms with van der Waals surface area (Å²) in [6.45, 7) is 0. The number of hydrogen-bond donors (Lipinski definition) is 1. The van der Waals surface area contributed by atoms with E-state index < -0.39 is 12.0 Å². The summed E-state index contributed by atoms with van der Waals surface area (Å²) >= 11 is 1.35. The van der Waals surface area contributed by atoms with Crippen LogP contribution in [0.15, 0.2) is 54.9 Å². The second kappa shape index (κ2) is 9.46. The van der Waals surface area contributed by atoms with E-state index in [0.29, 0.717) is 33.5 Å². The average Bonchev–Trinajstić information content (AvgIpc) is 3.31. The predicted octanol–water partition coefficient (Wildman–Crippen LogP) is 4.27. The summed E-state index contributed by atoms with van der Waals surface area (Å²) in [6, 6.07) is 11.9. The van der Waals surface area contributed by atoms with E-state index >= 15 is 0 Å². The maximum absolute atomic E-state index is 13.9. The SMILES string of the molecule is COc1ccc2nc(NC(=O)[C@H]3c4cc(OC)c(OC)cc4C(=O)N(C)[C@@H]3c3cccnc3)sc2c1. The first-order valence-electron chi connectivity index (χ1n) is 11.1. The van der Waals surface area contributed by atoms with Gasteiger partial charge in [0.15, 0.2) is 16.6 Å². The molecule has 0 fully saturated rings. The first-order chi connectivity index (χ1) is 17.4. The van der Waals surface area contributed by atoms with Gasteiger partial charge in [0.2, 0.25) is 5.91 Å². The highest BCUT2D eigenvalue weighted by molar-refractivity contribution is 7.22. The van der Waals surface area contributed by atoms with Gasteiger partial charge in [0.05, 0.1) is 43.5 Å². The average molecular weight is 505 g/mol. The fraction of sp³-hybridized carbons (Fsp3) is 0.231. The number of carbonyl (C=O) groups excluding carboxylic acids is 2. The summed E-state index contributed by atoms with van der Waals surface area (Å²) in [5.74, 6) is 0.274. The lowest BCUT2D eigenvalue weighted by Crippen LogP contribution is -2.44. The fourth-order valence-electron chi connectivity index (χ4n) is 4.57. The van der Waals surface area contributed by atoms with Crippen molar-refractivity contribution in [2.45, 2.75) is 12.0 Å². The van der Waals surface area contributed by atoms with Gasteiger partial charge in [0.1, 0.15) is 5.75 Å². The third kappa shape index (κ3) is 3.99. The molecular formula is C26H24N4O5S. The Morgan fingerprint density at radius 3 is 2.53 bits per heavy atom. The number of amides is 2. The number of anilines is 1. The van der Waals surface area contributed by atoms with Gasteiger partial charge in [-0.25, -0.2) is 4.98 Å². The number of pyridine rings is 1. The number of carbonyl (C=O) groups is 2. The van der Waals surface area contributed by atoms with Crippen molar-refractivity contribution in [1.82, 2.24) is 14.9 Å². The number of ether oxygens (including phenoxy) is 3. The molecule has 0 spiro atoms. The van der Waals surface area contributed by atoms with Gasteiger partial charge >= 0.3 is 0 Å². The molecule has 2 aromatic heterocycles. The van der Waals surface area contributed by atoms with Crippen molar-refractivity contribution in [3.05, 3.63) is 71.5 Å². The largest absolute Gasteiger partial charge is 0.497 e. The van der Waals surface area contributed by atoms with Gasteiger partial charge in [0, 0.05) is 25.0 Å². The Hall–Kier alpha value is -4.18. The molecule has 2 atom stereocenters. The lowest BCUT2D eigenvalue weighted by Gasteiger charge is -2.39. The van der Waals surface area contributed by atoms with Crippen molar-refractivity contribution in [1.29, 1.82) is 0 Å². The standard InChI is InChI=1S/C26H24N4O5S/c1-30-23(14-6-5-9-27-13-14)22(16-11-19(34-3)20(35-4)12-17(16)25(30)32)24(31)29-26-28-18-8-7-15(33-2)10-21(18)36-26/h5-13,22-23H,1-4H3,(H,28,29,31)/t22-,23+/m0/s1. The molecule has 1 aliphatic heterocycles. The first-order valence-corrected chi connectivity index (χ1v) is 11.9. The van der Waals surface area contributed by atoms with Crippen LogP contribution in [-0.4, -0.2) is 55.1 Å². The van der Waals surface area contributed by atoms with Crippen molar-refractivity contribution in [3.63, 3.8) is 0 Å². The second-order valence-electron chi connectivity index (χ2n) is 8.26. The van der Waals surface area contributed by atoms with E-state index in [0.717, 1.165) is 15.8 Å². The van der Waals surface area contributed by atoms with E-state index in [-0.39, 0.29) is 11.8 Å². The molecule has 0 bridgehead atoms. The topological polar surface area (TPSA) is 103 Å². The number of hydrogen-bond acceptors (Lipinski definition) is 8. The normalized spacial score (nSPS) is 17.0. The lowest BCUT2D eigenvalue weighted by atomic mass is 9.79. The van der Waals surface area contributed by atoms with Crippen LogP contribution < -0.4 is 19.5 Å². The van der Waals surface area contributed by atoms with Gasteiger partial charge in [-0.1, -0.05) is 17.4 Å². The maximum Gasteiger partial charge on any atom is 0.254 e. The van der Waals surface area contributed by atoms with E-state index in [2.05, 4.69) is 15.3 Å². The Bertz CT molecular complexity index is 1460. The third-order valence-corrected chi connectivity index (χ3v) is 7.24. The van der Waals surface area contributed by atoms with Crippen molar-refractivity contribution in [2.24, 2.45) is 0 Å². The molecule has 0 saturated carbocycles. The summed E-state index contributed by atoms with van der Waals surface area (Å²) in [6.07, 6.45) is 3.32. The Labute approximate surface area is 211 Å². The number of benzene rings is 2. The van der Waals surface area contributed by atoms with E-state index in [9.17, 15) is 9.59 Å². The minimum atomic E-state index is -0.756. The Balaban J connectivity index is 1.61.